The molecule has 0 bridgehead atoms. The van der Waals surface area contributed by atoms with Gasteiger partial charge in [-0.2, -0.15) is 0 Å². The summed E-state index contributed by atoms with van der Waals surface area (Å²) in [5.41, 5.74) is 1.39. The lowest BCUT2D eigenvalue weighted by Gasteiger charge is -1.98. The fourth-order valence-electron chi connectivity index (χ4n) is 1.98. The van der Waals surface area contributed by atoms with Crippen LogP contribution >= 0.6 is 0 Å². The number of aromatic amines is 1. The van der Waals surface area contributed by atoms with E-state index in [1.54, 1.807) is 26.3 Å². The molecule has 102 valence electrons. The van der Waals surface area contributed by atoms with Gasteiger partial charge in [-0.25, -0.2) is 4.99 Å². The molecule has 2 N–H and O–H groups in total. The van der Waals surface area contributed by atoms with Crippen LogP contribution in [0, 0.1) is 6.92 Å². The highest BCUT2D eigenvalue weighted by atomic mass is 16.5. The van der Waals surface area contributed by atoms with Crippen LogP contribution in [0.25, 0.3) is 10.9 Å². The molecular weight excluding hydrogens is 258 g/mol. The van der Waals surface area contributed by atoms with E-state index in [4.69, 9.17) is 9.26 Å². The Bertz CT molecular complexity index is 786. The maximum absolute atomic E-state index is 9.95. The highest BCUT2D eigenvalue weighted by molar-refractivity contribution is 6.03. The zero-order chi connectivity index (χ0) is 14.1. The fraction of sp³-hybridized carbons (Fsp3) is 0.143. The molecule has 0 fully saturated rings. The summed E-state index contributed by atoms with van der Waals surface area (Å²) in [6, 6.07) is 7.20. The van der Waals surface area contributed by atoms with Gasteiger partial charge in [-0.05, 0) is 25.1 Å². The first-order chi connectivity index (χ1) is 9.67. The van der Waals surface area contributed by atoms with Crippen LogP contribution in [0.3, 0.4) is 0 Å². The van der Waals surface area contributed by atoms with Gasteiger partial charge in [0.15, 0.2) is 11.7 Å². The van der Waals surface area contributed by atoms with Gasteiger partial charge in [0.2, 0.25) is 0 Å². The van der Waals surface area contributed by atoms with E-state index in [2.05, 4.69) is 15.1 Å². The predicted octanol–water partition coefficient (Wildman–Crippen LogP) is 2.93. The number of aliphatic imine (C=N–C) groups is 1. The summed E-state index contributed by atoms with van der Waals surface area (Å²) < 4.78 is 10.1. The summed E-state index contributed by atoms with van der Waals surface area (Å²) in [4.78, 5) is 7.07. The van der Waals surface area contributed by atoms with Crippen molar-refractivity contribution in [2.45, 2.75) is 6.92 Å². The van der Waals surface area contributed by atoms with Gasteiger partial charge in [-0.15, -0.1) is 0 Å². The van der Waals surface area contributed by atoms with Gasteiger partial charge in [-0.3, -0.25) is 0 Å². The number of hydrogen-bond acceptors (Lipinski definition) is 5. The lowest BCUT2D eigenvalue weighted by molar-refractivity contribution is 0.399. The summed E-state index contributed by atoms with van der Waals surface area (Å²) in [6.45, 7) is 1.79. The maximum atomic E-state index is 9.95. The Hall–Kier alpha value is -2.76. The first-order valence-electron chi connectivity index (χ1n) is 6.03. The van der Waals surface area contributed by atoms with Crippen molar-refractivity contribution >= 4 is 22.9 Å². The molecule has 2 heterocycles. The van der Waals surface area contributed by atoms with Gasteiger partial charge in [-0.1, -0.05) is 5.16 Å². The minimum Gasteiger partial charge on any atom is -0.497 e. The first kappa shape index (κ1) is 12.3. The molecule has 0 radical (unpaired) electrons. The Morgan fingerprint density at radius 3 is 2.95 bits per heavy atom. The van der Waals surface area contributed by atoms with Crippen molar-refractivity contribution in [1.82, 2.24) is 10.1 Å². The van der Waals surface area contributed by atoms with Gasteiger partial charge >= 0.3 is 0 Å². The predicted molar refractivity (Wildman–Crippen MR) is 75.0 cm³/mol. The number of rotatable bonds is 3. The number of aryl methyl sites for hydroxylation is 1. The quantitative estimate of drug-likeness (QED) is 0.717. The van der Waals surface area contributed by atoms with Crippen molar-refractivity contribution in [3.05, 3.63) is 35.6 Å². The number of H-pyrrole nitrogens is 1. The minimum absolute atomic E-state index is 0.0530. The van der Waals surface area contributed by atoms with E-state index >= 15 is 0 Å². The number of nitrogens with zero attached hydrogens (tertiary/aromatic N) is 2. The normalized spacial score (nSPS) is 11.5. The summed E-state index contributed by atoms with van der Waals surface area (Å²) in [5.74, 6) is 1.90. The molecule has 0 spiro atoms. The topological polar surface area (TPSA) is 83.6 Å². The van der Waals surface area contributed by atoms with E-state index in [9.17, 15) is 5.11 Å². The van der Waals surface area contributed by atoms with Gasteiger partial charge in [0, 0.05) is 23.2 Å². The molecule has 1 aromatic carbocycles. The summed E-state index contributed by atoms with van der Waals surface area (Å²) in [5, 5.41) is 14.5. The molecular formula is C14H13N3O3. The van der Waals surface area contributed by atoms with Gasteiger partial charge < -0.3 is 19.4 Å². The monoisotopic (exact) mass is 271 g/mol. The van der Waals surface area contributed by atoms with Crippen LogP contribution in [-0.2, 0) is 0 Å². The average molecular weight is 271 g/mol. The van der Waals surface area contributed by atoms with Crippen LogP contribution in [0.15, 0.2) is 33.8 Å². The summed E-state index contributed by atoms with van der Waals surface area (Å²) in [6.07, 6.45) is 1.55. The van der Waals surface area contributed by atoms with Crippen LogP contribution in [0.2, 0.25) is 0 Å². The Balaban J connectivity index is 2.05. The highest BCUT2D eigenvalue weighted by Gasteiger charge is 2.10. The summed E-state index contributed by atoms with van der Waals surface area (Å²) in [7, 11) is 1.60. The molecule has 0 aliphatic heterocycles. The lowest BCUT2D eigenvalue weighted by Crippen LogP contribution is -1.83. The van der Waals surface area contributed by atoms with Crippen molar-refractivity contribution in [3.63, 3.8) is 0 Å². The van der Waals surface area contributed by atoms with Gasteiger partial charge in [0.05, 0.1) is 12.7 Å². The Morgan fingerprint density at radius 2 is 2.25 bits per heavy atom. The van der Waals surface area contributed by atoms with Crippen LogP contribution in [0.5, 0.6) is 11.6 Å². The molecule has 0 aliphatic carbocycles. The van der Waals surface area contributed by atoms with Crippen LogP contribution in [0.1, 0.15) is 11.3 Å². The number of aromatic hydroxyl groups is 1. The third kappa shape index (κ3) is 2.11. The minimum atomic E-state index is 0.0530. The first-order valence-corrected chi connectivity index (χ1v) is 6.03. The van der Waals surface area contributed by atoms with Gasteiger partial charge in [0.1, 0.15) is 11.5 Å². The van der Waals surface area contributed by atoms with Crippen molar-refractivity contribution < 1.29 is 14.4 Å². The zero-order valence-corrected chi connectivity index (χ0v) is 11.0. The van der Waals surface area contributed by atoms with E-state index in [0.29, 0.717) is 22.9 Å². The van der Waals surface area contributed by atoms with Crippen molar-refractivity contribution in [2.75, 3.05) is 7.11 Å². The number of hydrogen-bond donors (Lipinski definition) is 2. The second-order valence-corrected chi connectivity index (χ2v) is 4.35. The van der Waals surface area contributed by atoms with E-state index in [1.807, 2.05) is 18.2 Å². The molecule has 3 aromatic rings. The molecule has 6 nitrogen and oxygen atoms in total. The molecule has 2 aromatic heterocycles. The van der Waals surface area contributed by atoms with E-state index in [1.165, 1.54) is 0 Å². The standard InChI is InChI=1S/C14H13N3O3/c1-8-5-13(17-20-8)15-7-11-10-6-9(19-2)3-4-12(10)16-14(11)18/h3-7,16,18H,1-2H3. The number of methoxy groups -OCH3 is 1. The van der Waals surface area contributed by atoms with E-state index in [0.717, 1.165) is 10.9 Å². The third-order valence-electron chi connectivity index (χ3n) is 2.97. The SMILES string of the molecule is COc1ccc2[nH]c(O)c(C=Nc3cc(C)on3)c2c1. The zero-order valence-electron chi connectivity index (χ0n) is 11.0. The number of nitrogens with one attached hydrogen (secondary N) is 1. The number of aromatic nitrogens is 2. The van der Waals surface area contributed by atoms with Crippen molar-refractivity contribution in [3.8, 4) is 11.6 Å². The Kier molecular flexibility index (Phi) is 2.90. The van der Waals surface area contributed by atoms with Crippen LogP contribution in [-0.4, -0.2) is 28.6 Å². The highest BCUT2D eigenvalue weighted by Crippen LogP contribution is 2.29. The van der Waals surface area contributed by atoms with Gasteiger partial charge in [0.25, 0.3) is 0 Å². The van der Waals surface area contributed by atoms with Crippen LogP contribution < -0.4 is 4.74 Å². The molecule has 0 saturated carbocycles. The molecule has 6 heteroatoms. The molecule has 20 heavy (non-hydrogen) atoms. The van der Waals surface area contributed by atoms with Crippen molar-refractivity contribution in [1.29, 1.82) is 0 Å². The number of fused-ring (bicyclic) bond motifs is 1. The van der Waals surface area contributed by atoms with E-state index in [-0.39, 0.29) is 5.88 Å². The smallest absolute Gasteiger partial charge is 0.198 e. The molecule has 3 rings (SSSR count). The van der Waals surface area contributed by atoms with E-state index < -0.39 is 0 Å². The maximum Gasteiger partial charge on any atom is 0.198 e. The molecule has 0 aliphatic rings. The summed E-state index contributed by atoms with van der Waals surface area (Å²) >= 11 is 0. The number of benzene rings is 1. The largest absolute Gasteiger partial charge is 0.497 e. The fourth-order valence-corrected chi connectivity index (χ4v) is 1.98. The van der Waals surface area contributed by atoms with Crippen molar-refractivity contribution in [2.24, 2.45) is 4.99 Å². The van der Waals surface area contributed by atoms with Crippen LogP contribution in [0.4, 0.5) is 5.82 Å². The number of ether oxygens (including phenoxy) is 1. The second kappa shape index (κ2) is 4.73. The molecule has 0 unspecified atom stereocenters. The second-order valence-electron chi connectivity index (χ2n) is 4.35. The molecule has 0 saturated heterocycles. The Morgan fingerprint density at radius 1 is 1.40 bits per heavy atom. The third-order valence-corrected chi connectivity index (χ3v) is 2.97. The molecule has 0 atom stereocenters. The average Bonchev–Trinajstić information content (AvgIpc) is 2.98. The Labute approximate surface area is 114 Å². The molecule has 0 amide bonds. The lowest BCUT2D eigenvalue weighted by atomic mass is 10.2.